The minimum Gasteiger partial charge on any atom is -0.495 e. The van der Waals surface area contributed by atoms with Gasteiger partial charge >= 0.3 is 0 Å². The van der Waals surface area contributed by atoms with Gasteiger partial charge in [0.25, 0.3) is 0 Å². The summed E-state index contributed by atoms with van der Waals surface area (Å²) in [5.74, 6) is 0.278. The number of rotatable bonds is 4. The van der Waals surface area contributed by atoms with Crippen molar-refractivity contribution in [2.75, 3.05) is 12.8 Å². The summed E-state index contributed by atoms with van der Waals surface area (Å²) >= 11 is 0. The van der Waals surface area contributed by atoms with Gasteiger partial charge in [-0.3, -0.25) is 0 Å². The average Bonchev–Trinajstić information content (AvgIpc) is 2.80. The summed E-state index contributed by atoms with van der Waals surface area (Å²) in [4.78, 5) is 0.145. The molecule has 0 heterocycles. The topological polar surface area (TPSA) is 81.4 Å². The lowest BCUT2D eigenvalue weighted by molar-refractivity contribution is 0.402. The summed E-state index contributed by atoms with van der Waals surface area (Å²) in [7, 11) is -2.10. The molecule has 1 aliphatic carbocycles. The van der Waals surface area contributed by atoms with Gasteiger partial charge in [-0.15, -0.1) is 0 Å². The number of anilines is 1. The molecule has 1 aromatic rings. The van der Waals surface area contributed by atoms with Crippen molar-refractivity contribution in [2.24, 2.45) is 0 Å². The highest BCUT2D eigenvalue weighted by atomic mass is 32.2. The Hall–Kier alpha value is -1.27. The molecule has 0 aromatic heterocycles. The van der Waals surface area contributed by atoms with Gasteiger partial charge in [-0.1, -0.05) is 12.8 Å². The van der Waals surface area contributed by atoms with Gasteiger partial charge in [-0.2, -0.15) is 0 Å². The number of ether oxygens (including phenoxy) is 1. The van der Waals surface area contributed by atoms with Crippen LogP contribution < -0.4 is 15.2 Å². The van der Waals surface area contributed by atoms with Crippen molar-refractivity contribution >= 4 is 15.7 Å². The predicted octanol–water partition coefficient (Wildman–Crippen LogP) is 1.50. The van der Waals surface area contributed by atoms with Crippen LogP contribution in [0, 0.1) is 0 Å². The molecule has 5 nitrogen and oxygen atoms in total. The molecule has 2 rings (SSSR count). The van der Waals surface area contributed by atoms with Crippen LogP contribution in [0.15, 0.2) is 23.1 Å². The summed E-state index contributed by atoms with van der Waals surface area (Å²) < 4.78 is 32.3. The molecule has 0 amide bonds. The smallest absolute Gasteiger partial charge is 0.244 e. The van der Waals surface area contributed by atoms with E-state index in [-0.39, 0.29) is 16.7 Å². The average molecular weight is 270 g/mol. The van der Waals surface area contributed by atoms with E-state index in [0.29, 0.717) is 5.69 Å². The first-order chi connectivity index (χ1) is 8.53. The van der Waals surface area contributed by atoms with Gasteiger partial charge in [0.2, 0.25) is 10.0 Å². The second-order valence-electron chi connectivity index (χ2n) is 4.51. The molecular formula is C12H18N2O3S. The Morgan fingerprint density at radius 2 is 2.00 bits per heavy atom. The fourth-order valence-corrected chi connectivity index (χ4v) is 3.69. The number of nitrogen functional groups attached to an aromatic ring is 1. The quantitative estimate of drug-likeness (QED) is 0.812. The second kappa shape index (κ2) is 5.16. The molecular weight excluding hydrogens is 252 g/mol. The minimum atomic E-state index is -3.53. The Kier molecular flexibility index (Phi) is 3.77. The minimum absolute atomic E-state index is 0.0391. The standard InChI is InChI=1S/C12H18N2O3S/c1-17-11-8-9(13)6-7-12(11)18(15,16)14-10-4-2-3-5-10/h6-8,10,14H,2-5,13H2,1H3. The highest BCUT2D eigenvalue weighted by molar-refractivity contribution is 7.89. The molecule has 0 spiro atoms. The summed E-state index contributed by atoms with van der Waals surface area (Å²) in [6.07, 6.45) is 3.95. The largest absolute Gasteiger partial charge is 0.495 e. The van der Waals surface area contributed by atoms with Crippen LogP contribution in [0.25, 0.3) is 0 Å². The van der Waals surface area contributed by atoms with Crippen LogP contribution in [0.2, 0.25) is 0 Å². The lowest BCUT2D eigenvalue weighted by atomic mass is 10.3. The lowest BCUT2D eigenvalue weighted by Gasteiger charge is -2.15. The highest BCUT2D eigenvalue weighted by Crippen LogP contribution is 2.27. The zero-order valence-corrected chi connectivity index (χ0v) is 11.2. The van der Waals surface area contributed by atoms with Crippen LogP contribution in [0.4, 0.5) is 5.69 Å². The molecule has 0 aliphatic heterocycles. The predicted molar refractivity (Wildman–Crippen MR) is 70.0 cm³/mol. The molecule has 0 bridgehead atoms. The van der Waals surface area contributed by atoms with Crippen LogP contribution in [-0.4, -0.2) is 21.6 Å². The zero-order chi connectivity index (χ0) is 13.2. The fourth-order valence-electron chi connectivity index (χ4n) is 2.23. The van der Waals surface area contributed by atoms with Crippen LogP contribution in [0.1, 0.15) is 25.7 Å². The molecule has 1 aliphatic rings. The molecule has 0 radical (unpaired) electrons. The number of hydrogen-bond donors (Lipinski definition) is 2. The first-order valence-electron chi connectivity index (χ1n) is 5.99. The molecule has 0 saturated heterocycles. The van der Waals surface area contributed by atoms with Gasteiger partial charge in [0, 0.05) is 17.8 Å². The van der Waals surface area contributed by atoms with Crippen molar-refractivity contribution in [3.63, 3.8) is 0 Å². The van der Waals surface area contributed by atoms with Crippen molar-refractivity contribution in [3.8, 4) is 5.75 Å². The molecule has 3 N–H and O–H groups in total. The van der Waals surface area contributed by atoms with Crippen molar-refractivity contribution in [2.45, 2.75) is 36.6 Å². The first-order valence-corrected chi connectivity index (χ1v) is 7.47. The van der Waals surface area contributed by atoms with E-state index in [9.17, 15) is 8.42 Å². The Morgan fingerprint density at radius 1 is 1.33 bits per heavy atom. The Morgan fingerprint density at radius 3 is 2.61 bits per heavy atom. The maximum Gasteiger partial charge on any atom is 0.244 e. The second-order valence-corrected chi connectivity index (χ2v) is 6.20. The Balaban J connectivity index is 2.28. The molecule has 1 aromatic carbocycles. The van der Waals surface area contributed by atoms with Gasteiger partial charge in [0.05, 0.1) is 7.11 Å². The van der Waals surface area contributed by atoms with E-state index in [2.05, 4.69) is 4.72 Å². The summed E-state index contributed by atoms with van der Waals surface area (Å²) in [5.41, 5.74) is 6.09. The Labute approximate surface area is 107 Å². The van der Waals surface area contributed by atoms with Crippen molar-refractivity contribution < 1.29 is 13.2 Å². The zero-order valence-electron chi connectivity index (χ0n) is 10.3. The van der Waals surface area contributed by atoms with Crippen LogP contribution in [-0.2, 0) is 10.0 Å². The first kappa shape index (κ1) is 13.2. The summed E-state index contributed by atoms with van der Waals surface area (Å²) in [6, 6.07) is 4.60. The lowest BCUT2D eigenvalue weighted by Crippen LogP contribution is -2.32. The van der Waals surface area contributed by atoms with Gasteiger partial charge in [0.1, 0.15) is 10.6 Å². The maximum absolute atomic E-state index is 12.2. The van der Waals surface area contributed by atoms with Gasteiger partial charge < -0.3 is 10.5 Å². The number of sulfonamides is 1. The van der Waals surface area contributed by atoms with E-state index >= 15 is 0 Å². The Bertz CT molecular complexity index is 522. The van der Waals surface area contributed by atoms with Gasteiger partial charge in [-0.05, 0) is 25.0 Å². The SMILES string of the molecule is COc1cc(N)ccc1S(=O)(=O)NC1CCCC1. The number of nitrogens with two attached hydrogens (primary N) is 1. The van der Waals surface area contributed by atoms with E-state index in [1.165, 1.54) is 19.2 Å². The number of nitrogens with one attached hydrogen (secondary N) is 1. The van der Waals surface area contributed by atoms with Crippen LogP contribution >= 0.6 is 0 Å². The molecule has 100 valence electrons. The summed E-state index contributed by atoms with van der Waals surface area (Å²) in [6.45, 7) is 0. The van der Waals surface area contributed by atoms with E-state index < -0.39 is 10.0 Å². The normalized spacial score (nSPS) is 16.9. The van der Waals surface area contributed by atoms with E-state index in [1.807, 2.05) is 0 Å². The molecule has 18 heavy (non-hydrogen) atoms. The third-order valence-electron chi connectivity index (χ3n) is 3.15. The highest BCUT2D eigenvalue weighted by Gasteiger charge is 2.25. The van der Waals surface area contributed by atoms with Crippen molar-refractivity contribution in [3.05, 3.63) is 18.2 Å². The van der Waals surface area contributed by atoms with Crippen LogP contribution in [0.3, 0.4) is 0 Å². The molecule has 0 atom stereocenters. The van der Waals surface area contributed by atoms with Crippen molar-refractivity contribution in [1.29, 1.82) is 0 Å². The van der Waals surface area contributed by atoms with Gasteiger partial charge in [0.15, 0.2) is 0 Å². The number of hydrogen-bond acceptors (Lipinski definition) is 4. The number of methoxy groups -OCH3 is 1. The third-order valence-corrected chi connectivity index (χ3v) is 4.71. The van der Waals surface area contributed by atoms with Gasteiger partial charge in [-0.25, -0.2) is 13.1 Å². The van der Waals surface area contributed by atoms with Crippen LogP contribution in [0.5, 0.6) is 5.75 Å². The van der Waals surface area contributed by atoms with E-state index in [1.54, 1.807) is 6.07 Å². The molecule has 1 fully saturated rings. The monoisotopic (exact) mass is 270 g/mol. The maximum atomic E-state index is 12.2. The summed E-state index contributed by atoms with van der Waals surface area (Å²) in [5, 5.41) is 0. The third kappa shape index (κ3) is 2.76. The number of benzene rings is 1. The van der Waals surface area contributed by atoms with E-state index in [0.717, 1.165) is 25.7 Å². The van der Waals surface area contributed by atoms with E-state index in [4.69, 9.17) is 10.5 Å². The molecule has 1 saturated carbocycles. The molecule has 0 unspecified atom stereocenters. The molecule has 6 heteroatoms. The van der Waals surface area contributed by atoms with Crippen molar-refractivity contribution in [1.82, 2.24) is 4.72 Å². The fraction of sp³-hybridized carbons (Fsp3) is 0.500.